The average molecular weight is 402 g/mol. The van der Waals surface area contributed by atoms with E-state index in [2.05, 4.69) is 4.90 Å². The number of carbonyl (C=O) groups excluding carboxylic acids is 1. The molecule has 0 bridgehead atoms. The van der Waals surface area contributed by atoms with E-state index in [1.165, 1.54) is 10.7 Å². The summed E-state index contributed by atoms with van der Waals surface area (Å²) in [5.41, 5.74) is 5.10. The average Bonchev–Trinajstić information content (AvgIpc) is 2.74. The number of fused-ring (bicyclic) bond motifs is 1. The summed E-state index contributed by atoms with van der Waals surface area (Å²) < 4.78 is 27.9. The first-order valence-corrected chi connectivity index (χ1v) is 11.4. The number of nitrogens with two attached hydrogens (primary N) is 1. The molecule has 0 spiro atoms. The van der Waals surface area contributed by atoms with Gasteiger partial charge in [-0.3, -0.25) is 9.69 Å². The van der Waals surface area contributed by atoms with Gasteiger partial charge < -0.3 is 5.73 Å². The second kappa shape index (κ2) is 7.46. The summed E-state index contributed by atoms with van der Waals surface area (Å²) >= 11 is 0. The van der Waals surface area contributed by atoms with Gasteiger partial charge >= 0.3 is 0 Å². The first kappa shape index (κ1) is 19.4. The molecule has 2 fully saturated rings. The maximum absolute atomic E-state index is 13.2. The highest BCUT2D eigenvalue weighted by molar-refractivity contribution is 7.89. The maximum atomic E-state index is 13.2. The van der Waals surface area contributed by atoms with Crippen LogP contribution < -0.4 is 5.73 Å². The third kappa shape index (κ3) is 3.32. The molecule has 0 saturated carbocycles. The predicted molar refractivity (Wildman–Crippen MR) is 109 cm³/mol. The molecule has 2 aliphatic rings. The number of nitrogens with zero attached hydrogens (tertiary/aromatic N) is 2. The summed E-state index contributed by atoms with van der Waals surface area (Å²) in [6, 6.07) is 13.0. The van der Waals surface area contributed by atoms with Crippen molar-refractivity contribution in [3.8, 4) is 0 Å². The zero-order valence-electron chi connectivity index (χ0n) is 16.0. The van der Waals surface area contributed by atoms with Crippen LogP contribution in [0.5, 0.6) is 0 Å². The zero-order chi connectivity index (χ0) is 19.8. The number of hydrogen-bond acceptors (Lipinski definition) is 4. The molecule has 2 aromatic rings. The molecule has 28 heavy (non-hydrogen) atoms. The third-order valence-electron chi connectivity index (χ3n) is 6.33. The molecule has 2 saturated heterocycles. The van der Waals surface area contributed by atoms with Crippen molar-refractivity contribution in [2.45, 2.75) is 42.5 Å². The molecule has 2 heterocycles. The van der Waals surface area contributed by atoms with Gasteiger partial charge in [-0.2, -0.15) is 4.31 Å². The summed E-state index contributed by atoms with van der Waals surface area (Å²) in [5.74, 6) is -0.322. The zero-order valence-corrected chi connectivity index (χ0v) is 16.8. The van der Waals surface area contributed by atoms with Gasteiger partial charge in [-0.05, 0) is 61.7 Å². The van der Waals surface area contributed by atoms with Crippen LogP contribution in [0.2, 0.25) is 0 Å². The molecule has 7 heteroatoms. The Balaban J connectivity index is 1.56. The Morgan fingerprint density at radius 3 is 2.18 bits per heavy atom. The lowest BCUT2D eigenvalue weighted by molar-refractivity contribution is -0.134. The van der Waals surface area contributed by atoms with Crippen LogP contribution in [0.1, 0.15) is 32.1 Å². The van der Waals surface area contributed by atoms with Crippen LogP contribution in [0.4, 0.5) is 0 Å². The molecule has 0 radical (unpaired) electrons. The standard InChI is InChI=1S/C21H27N3O3S/c22-20(25)21(23-12-4-1-5-13-23)10-14-24(15-11-21)28(26,27)19-9-8-17-6-2-3-7-18(17)16-19/h2-3,6-9,16H,1,4-5,10-15H2,(H2,22,25). The number of benzene rings is 2. The number of hydrogen-bond donors (Lipinski definition) is 1. The minimum atomic E-state index is -3.60. The molecule has 150 valence electrons. The summed E-state index contributed by atoms with van der Waals surface area (Å²) in [5, 5.41) is 1.92. The summed E-state index contributed by atoms with van der Waals surface area (Å²) in [6.45, 7) is 2.35. The number of likely N-dealkylation sites (tertiary alicyclic amines) is 1. The molecule has 0 atom stereocenters. The van der Waals surface area contributed by atoms with Crippen LogP contribution in [-0.2, 0) is 14.8 Å². The lowest BCUT2D eigenvalue weighted by Gasteiger charge is -2.47. The fourth-order valence-corrected chi connectivity index (χ4v) is 6.09. The molecule has 2 N–H and O–H groups in total. The van der Waals surface area contributed by atoms with Crippen LogP contribution in [0.25, 0.3) is 10.8 Å². The van der Waals surface area contributed by atoms with Crippen LogP contribution >= 0.6 is 0 Å². The van der Waals surface area contributed by atoms with Gasteiger partial charge in [0.2, 0.25) is 15.9 Å². The van der Waals surface area contributed by atoms with E-state index in [9.17, 15) is 13.2 Å². The van der Waals surface area contributed by atoms with Gasteiger partial charge in [0.1, 0.15) is 5.54 Å². The van der Waals surface area contributed by atoms with Crippen molar-refractivity contribution in [3.05, 3.63) is 42.5 Å². The molecule has 4 rings (SSSR count). The van der Waals surface area contributed by atoms with E-state index in [0.717, 1.165) is 36.7 Å². The Hall–Kier alpha value is -1.96. The van der Waals surface area contributed by atoms with Crippen molar-refractivity contribution < 1.29 is 13.2 Å². The van der Waals surface area contributed by atoms with E-state index in [1.807, 2.05) is 30.3 Å². The Morgan fingerprint density at radius 2 is 1.54 bits per heavy atom. The van der Waals surface area contributed by atoms with Gasteiger partial charge in [-0.25, -0.2) is 8.42 Å². The second-order valence-electron chi connectivity index (χ2n) is 7.86. The van der Waals surface area contributed by atoms with E-state index in [-0.39, 0.29) is 5.91 Å². The lowest BCUT2D eigenvalue weighted by Crippen LogP contribution is -2.63. The molecular weight excluding hydrogens is 374 g/mol. The Kier molecular flexibility index (Phi) is 5.16. The number of piperidine rings is 2. The van der Waals surface area contributed by atoms with Gasteiger partial charge in [-0.15, -0.1) is 0 Å². The number of rotatable bonds is 4. The van der Waals surface area contributed by atoms with E-state index >= 15 is 0 Å². The summed E-state index contributed by atoms with van der Waals surface area (Å²) in [6.07, 6.45) is 4.21. The number of sulfonamides is 1. The Morgan fingerprint density at radius 1 is 0.893 bits per heavy atom. The number of amides is 1. The summed E-state index contributed by atoms with van der Waals surface area (Å²) in [4.78, 5) is 14.9. The molecule has 0 unspecified atom stereocenters. The van der Waals surface area contributed by atoms with E-state index < -0.39 is 15.6 Å². The van der Waals surface area contributed by atoms with Crippen molar-refractivity contribution in [3.63, 3.8) is 0 Å². The van der Waals surface area contributed by atoms with Gasteiger partial charge in [0, 0.05) is 13.1 Å². The van der Waals surface area contributed by atoms with E-state index in [4.69, 9.17) is 5.73 Å². The van der Waals surface area contributed by atoms with Crippen molar-refractivity contribution in [2.75, 3.05) is 26.2 Å². The van der Waals surface area contributed by atoms with Crippen molar-refractivity contribution in [1.82, 2.24) is 9.21 Å². The van der Waals surface area contributed by atoms with E-state index in [1.54, 1.807) is 12.1 Å². The van der Waals surface area contributed by atoms with Crippen LogP contribution in [0.15, 0.2) is 47.4 Å². The van der Waals surface area contributed by atoms with Crippen molar-refractivity contribution in [1.29, 1.82) is 0 Å². The molecule has 6 nitrogen and oxygen atoms in total. The minimum Gasteiger partial charge on any atom is -0.368 e. The third-order valence-corrected chi connectivity index (χ3v) is 8.22. The SMILES string of the molecule is NC(=O)C1(N2CCCCC2)CCN(S(=O)(=O)c2ccc3ccccc3c2)CC1. The van der Waals surface area contributed by atoms with Crippen molar-refractivity contribution >= 4 is 26.7 Å². The highest BCUT2D eigenvalue weighted by Crippen LogP contribution is 2.34. The van der Waals surface area contributed by atoms with Crippen LogP contribution in [0, 0.1) is 0 Å². The quantitative estimate of drug-likeness (QED) is 0.852. The topological polar surface area (TPSA) is 83.7 Å². The van der Waals surface area contributed by atoms with Gasteiger partial charge in [0.15, 0.2) is 0 Å². The molecule has 1 amide bonds. The minimum absolute atomic E-state index is 0.302. The molecule has 0 aromatic heterocycles. The molecule has 2 aliphatic heterocycles. The second-order valence-corrected chi connectivity index (χ2v) is 9.79. The lowest BCUT2D eigenvalue weighted by atomic mass is 9.84. The first-order chi connectivity index (χ1) is 13.4. The fraction of sp³-hybridized carbons (Fsp3) is 0.476. The predicted octanol–water partition coefficient (Wildman–Crippen LogP) is 2.33. The van der Waals surface area contributed by atoms with Gasteiger partial charge in [0.05, 0.1) is 4.90 Å². The molecule has 0 aliphatic carbocycles. The smallest absolute Gasteiger partial charge is 0.243 e. The van der Waals surface area contributed by atoms with Crippen LogP contribution in [0.3, 0.4) is 0 Å². The van der Waals surface area contributed by atoms with Crippen LogP contribution in [-0.4, -0.2) is 55.2 Å². The Bertz CT molecular complexity index is 975. The fourth-order valence-electron chi connectivity index (χ4n) is 4.61. The maximum Gasteiger partial charge on any atom is 0.243 e. The van der Waals surface area contributed by atoms with Gasteiger partial charge in [-0.1, -0.05) is 36.8 Å². The number of carbonyl (C=O) groups is 1. The molecular formula is C21H27N3O3S. The normalized spacial score (nSPS) is 21.6. The largest absolute Gasteiger partial charge is 0.368 e. The Labute approximate surface area is 166 Å². The van der Waals surface area contributed by atoms with Gasteiger partial charge in [0.25, 0.3) is 0 Å². The monoisotopic (exact) mass is 401 g/mol. The molecule has 2 aromatic carbocycles. The van der Waals surface area contributed by atoms with E-state index in [0.29, 0.717) is 30.8 Å². The number of primary amides is 1. The highest BCUT2D eigenvalue weighted by atomic mass is 32.2. The first-order valence-electron chi connectivity index (χ1n) is 9.97. The van der Waals surface area contributed by atoms with Crippen molar-refractivity contribution in [2.24, 2.45) is 5.73 Å². The highest BCUT2D eigenvalue weighted by Gasteiger charge is 2.47. The summed E-state index contributed by atoms with van der Waals surface area (Å²) in [7, 11) is -3.60.